The van der Waals surface area contributed by atoms with Gasteiger partial charge in [-0.3, -0.25) is 4.79 Å². The maximum atomic E-state index is 12.0. The smallest absolute Gasteiger partial charge is 0.224 e. The predicted molar refractivity (Wildman–Crippen MR) is 88.5 cm³/mol. The summed E-state index contributed by atoms with van der Waals surface area (Å²) in [4.78, 5) is 12.0. The zero-order valence-electron chi connectivity index (χ0n) is 11.7. The molecule has 0 saturated carbocycles. The fraction of sp³-hybridized carbons (Fsp3) is 0.188. The molecule has 3 N–H and O–H groups in total. The van der Waals surface area contributed by atoms with E-state index in [1.807, 2.05) is 36.4 Å². The quantitative estimate of drug-likeness (QED) is 0.811. The second-order valence-electron chi connectivity index (χ2n) is 4.63. The van der Waals surface area contributed by atoms with E-state index in [1.165, 1.54) is 0 Å². The molecule has 0 spiro atoms. The molecule has 0 unspecified atom stereocenters. The van der Waals surface area contributed by atoms with Crippen LogP contribution in [-0.2, 0) is 11.2 Å². The third kappa shape index (κ3) is 4.49. The van der Waals surface area contributed by atoms with E-state index in [0.717, 1.165) is 15.7 Å². The number of carbonyl (C=O) groups excluding carboxylic acids is 1. The van der Waals surface area contributed by atoms with E-state index in [2.05, 4.69) is 21.2 Å². The number of carbonyl (C=O) groups is 1. The van der Waals surface area contributed by atoms with E-state index >= 15 is 0 Å². The number of aryl methyl sites for hydroxylation is 1. The van der Waals surface area contributed by atoms with Gasteiger partial charge in [0, 0.05) is 28.3 Å². The summed E-state index contributed by atoms with van der Waals surface area (Å²) in [5, 5.41) is 2.86. The monoisotopic (exact) mass is 348 g/mol. The van der Waals surface area contributed by atoms with E-state index in [1.54, 1.807) is 13.2 Å². The molecule has 2 aromatic carbocycles. The average Bonchev–Trinajstić information content (AvgIpc) is 2.45. The molecule has 0 saturated heterocycles. The number of hydrogen-bond acceptors (Lipinski definition) is 3. The van der Waals surface area contributed by atoms with Crippen molar-refractivity contribution in [1.29, 1.82) is 0 Å². The largest absolute Gasteiger partial charge is 0.497 e. The number of nitrogens with two attached hydrogens (primary N) is 1. The average molecular weight is 349 g/mol. The number of ether oxygens (including phenoxy) is 1. The van der Waals surface area contributed by atoms with Crippen molar-refractivity contribution >= 4 is 33.2 Å². The molecule has 1 amide bonds. The summed E-state index contributed by atoms with van der Waals surface area (Å²) in [6.07, 6.45) is 0.993. The van der Waals surface area contributed by atoms with Gasteiger partial charge in [0.15, 0.2) is 0 Å². The summed E-state index contributed by atoms with van der Waals surface area (Å²) < 4.78 is 6.02. The lowest BCUT2D eigenvalue weighted by Crippen LogP contribution is -2.12. The second-order valence-corrected chi connectivity index (χ2v) is 5.54. The Labute approximate surface area is 132 Å². The van der Waals surface area contributed by atoms with Crippen molar-refractivity contribution < 1.29 is 9.53 Å². The zero-order valence-corrected chi connectivity index (χ0v) is 13.3. The number of halogens is 1. The molecule has 0 radical (unpaired) electrons. The van der Waals surface area contributed by atoms with Gasteiger partial charge in [-0.2, -0.15) is 0 Å². The highest BCUT2D eigenvalue weighted by Crippen LogP contribution is 2.24. The number of rotatable bonds is 5. The number of amides is 1. The Kier molecular flexibility index (Phi) is 5.22. The van der Waals surface area contributed by atoms with Crippen LogP contribution in [0, 0.1) is 0 Å². The van der Waals surface area contributed by atoms with Gasteiger partial charge in [-0.15, -0.1) is 0 Å². The lowest BCUT2D eigenvalue weighted by atomic mass is 10.1. The van der Waals surface area contributed by atoms with Gasteiger partial charge in [0.05, 0.1) is 7.11 Å². The summed E-state index contributed by atoms with van der Waals surface area (Å²) in [7, 11) is 1.59. The minimum absolute atomic E-state index is 0.0570. The van der Waals surface area contributed by atoms with Crippen LogP contribution in [0.5, 0.6) is 5.75 Å². The van der Waals surface area contributed by atoms with Crippen molar-refractivity contribution in [1.82, 2.24) is 0 Å². The molecular formula is C16H17BrN2O2. The first kappa shape index (κ1) is 15.4. The van der Waals surface area contributed by atoms with Crippen molar-refractivity contribution in [3.8, 4) is 5.75 Å². The van der Waals surface area contributed by atoms with E-state index in [4.69, 9.17) is 10.5 Å². The predicted octanol–water partition coefficient (Wildman–Crippen LogP) is 3.61. The molecule has 0 aromatic heterocycles. The topological polar surface area (TPSA) is 64.3 Å². The lowest BCUT2D eigenvalue weighted by Gasteiger charge is -2.09. The van der Waals surface area contributed by atoms with E-state index in [-0.39, 0.29) is 5.91 Å². The first-order valence-electron chi connectivity index (χ1n) is 6.56. The SMILES string of the molecule is COc1cc(Br)cc(NC(=O)CCc2ccccc2N)c1. The van der Waals surface area contributed by atoms with Crippen LogP contribution in [0.2, 0.25) is 0 Å². The number of anilines is 2. The maximum Gasteiger partial charge on any atom is 0.224 e. The molecule has 110 valence electrons. The van der Waals surface area contributed by atoms with Crippen molar-refractivity contribution in [2.45, 2.75) is 12.8 Å². The van der Waals surface area contributed by atoms with Crippen LogP contribution < -0.4 is 15.8 Å². The maximum absolute atomic E-state index is 12.0. The number of benzene rings is 2. The van der Waals surface area contributed by atoms with Gasteiger partial charge >= 0.3 is 0 Å². The number of nitrogens with one attached hydrogen (secondary N) is 1. The van der Waals surface area contributed by atoms with Crippen molar-refractivity contribution in [2.75, 3.05) is 18.2 Å². The summed E-state index contributed by atoms with van der Waals surface area (Å²) in [5.41, 5.74) is 8.27. The molecule has 2 rings (SSSR count). The first-order chi connectivity index (χ1) is 10.1. The molecule has 0 bridgehead atoms. The number of hydrogen-bond donors (Lipinski definition) is 2. The van der Waals surface area contributed by atoms with Crippen LogP contribution in [0.25, 0.3) is 0 Å². The normalized spacial score (nSPS) is 10.2. The Bertz CT molecular complexity index is 644. The number of methoxy groups -OCH3 is 1. The van der Waals surface area contributed by atoms with Gasteiger partial charge in [0.2, 0.25) is 5.91 Å². The van der Waals surface area contributed by atoms with Crippen LogP contribution in [0.1, 0.15) is 12.0 Å². The summed E-state index contributed by atoms with van der Waals surface area (Å²) >= 11 is 3.38. The third-order valence-corrected chi connectivity index (χ3v) is 3.53. The highest BCUT2D eigenvalue weighted by molar-refractivity contribution is 9.10. The Morgan fingerprint density at radius 3 is 2.76 bits per heavy atom. The molecule has 4 nitrogen and oxygen atoms in total. The minimum Gasteiger partial charge on any atom is -0.497 e. The van der Waals surface area contributed by atoms with Crippen LogP contribution in [0.4, 0.5) is 11.4 Å². The fourth-order valence-corrected chi connectivity index (χ4v) is 2.46. The Hall–Kier alpha value is -2.01. The Morgan fingerprint density at radius 1 is 1.29 bits per heavy atom. The molecule has 0 fully saturated rings. The zero-order chi connectivity index (χ0) is 15.2. The fourth-order valence-electron chi connectivity index (χ4n) is 1.99. The van der Waals surface area contributed by atoms with Gasteiger partial charge in [0.1, 0.15) is 5.75 Å². The summed E-state index contributed by atoms with van der Waals surface area (Å²) in [6, 6.07) is 13.0. The standard InChI is InChI=1S/C16H17BrN2O2/c1-21-14-9-12(17)8-13(10-14)19-16(20)7-6-11-4-2-3-5-15(11)18/h2-5,8-10H,6-7,18H2,1H3,(H,19,20). The van der Waals surface area contributed by atoms with Crippen LogP contribution >= 0.6 is 15.9 Å². The van der Waals surface area contributed by atoms with Crippen molar-refractivity contribution in [2.24, 2.45) is 0 Å². The van der Waals surface area contributed by atoms with Gasteiger partial charge in [0.25, 0.3) is 0 Å². The van der Waals surface area contributed by atoms with Gasteiger partial charge in [-0.05, 0) is 30.2 Å². The summed E-state index contributed by atoms with van der Waals surface area (Å²) in [6.45, 7) is 0. The highest BCUT2D eigenvalue weighted by Gasteiger charge is 2.06. The number of nitrogen functional groups attached to an aromatic ring is 1. The molecular weight excluding hydrogens is 332 g/mol. The molecule has 21 heavy (non-hydrogen) atoms. The molecule has 0 aliphatic carbocycles. The summed E-state index contributed by atoms with van der Waals surface area (Å²) in [5.74, 6) is 0.630. The van der Waals surface area contributed by atoms with E-state index in [0.29, 0.717) is 24.3 Å². The van der Waals surface area contributed by atoms with Gasteiger partial charge in [-0.25, -0.2) is 0 Å². The Morgan fingerprint density at radius 2 is 2.05 bits per heavy atom. The molecule has 0 atom stereocenters. The van der Waals surface area contributed by atoms with Crippen molar-refractivity contribution in [3.05, 3.63) is 52.5 Å². The van der Waals surface area contributed by atoms with Crippen LogP contribution in [0.3, 0.4) is 0 Å². The molecule has 2 aromatic rings. The molecule has 0 heterocycles. The van der Waals surface area contributed by atoms with Crippen LogP contribution in [-0.4, -0.2) is 13.0 Å². The van der Waals surface area contributed by atoms with Crippen molar-refractivity contribution in [3.63, 3.8) is 0 Å². The number of para-hydroxylation sites is 1. The van der Waals surface area contributed by atoms with E-state index < -0.39 is 0 Å². The molecule has 0 aliphatic rings. The lowest BCUT2D eigenvalue weighted by molar-refractivity contribution is -0.116. The third-order valence-electron chi connectivity index (χ3n) is 3.07. The first-order valence-corrected chi connectivity index (χ1v) is 7.35. The minimum atomic E-state index is -0.0570. The molecule has 0 aliphatic heterocycles. The second kappa shape index (κ2) is 7.13. The Balaban J connectivity index is 1.96. The van der Waals surface area contributed by atoms with Crippen LogP contribution in [0.15, 0.2) is 46.9 Å². The molecule has 5 heteroatoms. The van der Waals surface area contributed by atoms with E-state index in [9.17, 15) is 4.79 Å². The van der Waals surface area contributed by atoms with Gasteiger partial charge in [-0.1, -0.05) is 34.1 Å². The van der Waals surface area contributed by atoms with Gasteiger partial charge < -0.3 is 15.8 Å². The highest BCUT2D eigenvalue weighted by atomic mass is 79.9.